The van der Waals surface area contributed by atoms with Crippen molar-refractivity contribution < 1.29 is 9.90 Å². The zero-order chi connectivity index (χ0) is 12.4. The summed E-state index contributed by atoms with van der Waals surface area (Å²) in [7, 11) is 0. The molecular weight excluding hydrogens is 238 g/mol. The fourth-order valence-corrected chi connectivity index (χ4v) is 2.83. The van der Waals surface area contributed by atoms with Gasteiger partial charge in [0.2, 0.25) is 5.13 Å². The zero-order valence-corrected chi connectivity index (χ0v) is 10.9. The van der Waals surface area contributed by atoms with Gasteiger partial charge in [-0.25, -0.2) is 9.78 Å². The van der Waals surface area contributed by atoms with Gasteiger partial charge in [0, 0.05) is 24.5 Å². The van der Waals surface area contributed by atoms with E-state index in [1.807, 2.05) is 4.90 Å². The lowest BCUT2D eigenvalue weighted by atomic mass is 10.1. The summed E-state index contributed by atoms with van der Waals surface area (Å²) in [6.07, 6.45) is 2.46. The van der Waals surface area contributed by atoms with Crippen LogP contribution < -0.4 is 4.90 Å². The van der Waals surface area contributed by atoms with Crippen LogP contribution >= 0.6 is 11.5 Å². The van der Waals surface area contributed by atoms with E-state index in [0.29, 0.717) is 12.3 Å². The third kappa shape index (κ3) is 2.74. The SMILES string of the molecule is CC(C)Cc1nsc(N2CCCC2C(=O)O)n1. The van der Waals surface area contributed by atoms with Gasteiger partial charge in [-0.05, 0) is 18.8 Å². The summed E-state index contributed by atoms with van der Waals surface area (Å²) in [5.41, 5.74) is 0. The fraction of sp³-hybridized carbons (Fsp3) is 0.727. The third-order valence-electron chi connectivity index (χ3n) is 2.83. The van der Waals surface area contributed by atoms with E-state index in [2.05, 4.69) is 23.2 Å². The molecule has 1 aromatic rings. The highest BCUT2D eigenvalue weighted by molar-refractivity contribution is 7.09. The standard InChI is InChI=1S/C11H17N3O2S/c1-7(2)6-9-12-11(17-13-9)14-5-3-4-8(14)10(15)16/h7-8H,3-6H2,1-2H3,(H,15,16). The predicted octanol–water partition coefficient (Wildman–Crippen LogP) is 1.79. The maximum Gasteiger partial charge on any atom is 0.326 e. The van der Waals surface area contributed by atoms with Crippen LogP contribution in [0.3, 0.4) is 0 Å². The molecule has 6 heteroatoms. The molecule has 2 rings (SSSR count). The highest BCUT2D eigenvalue weighted by Gasteiger charge is 2.32. The van der Waals surface area contributed by atoms with Gasteiger partial charge in [-0.3, -0.25) is 0 Å². The van der Waals surface area contributed by atoms with E-state index in [4.69, 9.17) is 5.11 Å². The Morgan fingerprint density at radius 3 is 3.06 bits per heavy atom. The second kappa shape index (κ2) is 5.00. The second-order valence-electron chi connectivity index (χ2n) is 4.78. The Bertz CT molecular complexity index is 405. The van der Waals surface area contributed by atoms with E-state index in [1.54, 1.807) is 0 Å². The molecule has 94 valence electrons. The Labute approximate surface area is 105 Å². The lowest BCUT2D eigenvalue weighted by molar-refractivity contribution is -0.138. The summed E-state index contributed by atoms with van der Waals surface area (Å²) in [5, 5.41) is 9.87. The smallest absolute Gasteiger partial charge is 0.326 e. The van der Waals surface area contributed by atoms with Crippen molar-refractivity contribution >= 4 is 22.6 Å². The summed E-state index contributed by atoms with van der Waals surface area (Å²) in [5.74, 6) is 0.588. The van der Waals surface area contributed by atoms with Gasteiger partial charge in [0.1, 0.15) is 11.9 Å². The maximum absolute atomic E-state index is 11.1. The number of anilines is 1. The topological polar surface area (TPSA) is 66.3 Å². The monoisotopic (exact) mass is 255 g/mol. The number of hydrogen-bond acceptors (Lipinski definition) is 5. The van der Waals surface area contributed by atoms with Crippen LogP contribution in [0.25, 0.3) is 0 Å². The van der Waals surface area contributed by atoms with Crippen LogP contribution in [0.4, 0.5) is 5.13 Å². The number of carboxylic acids is 1. The summed E-state index contributed by atoms with van der Waals surface area (Å²) in [4.78, 5) is 17.4. The van der Waals surface area contributed by atoms with E-state index in [1.165, 1.54) is 11.5 Å². The van der Waals surface area contributed by atoms with Gasteiger partial charge in [0.15, 0.2) is 0 Å². The van der Waals surface area contributed by atoms with Crippen molar-refractivity contribution in [3.05, 3.63) is 5.82 Å². The van der Waals surface area contributed by atoms with Gasteiger partial charge in [-0.2, -0.15) is 4.37 Å². The van der Waals surface area contributed by atoms with Gasteiger partial charge >= 0.3 is 5.97 Å². The van der Waals surface area contributed by atoms with Gasteiger partial charge in [-0.15, -0.1) is 0 Å². The van der Waals surface area contributed by atoms with Gasteiger partial charge in [0.05, 0.1) is 0 Å². The molecule has 0 bridgehead atoms. The number of aromatic nitrogens is 2. The molecule has 1 unspecified atom stereocenters. The maximum atomic E-state index is 11.1. The lowest BCUT2D eigenvalue weighted by Crippen LogP contribution is -2.35. The Morgan fingerprint density at radius 1 is 1.65 bits per heavy atom. The van der Waals surface area contributed by atoms with Crippen LogP contribution in [0.15, 0.2) is 0 Å². The van der Waals surface area contributed by atoms with Crippen molar-refractivity contribution in [3.63, 3.8) is 0 Å². The Kier molecular flexibility index (Phi) is 3.61. The first-order chi connectivity index (χ1) is 8.08. The van der Waals surface area contributed by atoms with Crippen molar-refractivity contribution in [1.82, 2.24) is 9.36 Å². The normalized spacial score (nSPS) is 20.2. The van der Waals surface area contributed by atoms with E-state index in [0.717, 1.165) is 30.3 Å². The van der Waals surface area contributed by atoms with Crippen LogP contribution in [-0.2, 0) is 11.2 Å². The molecule has 0 saturated carbocycles. The van der Waals surface area contributed by atoms with Crippen LogP contribution in [0.5, 0.6) is 0 Å². The molecule has 1 saturated heterocycles. The van der Waals surface area contributed by atoms with E-state index < -0.39 is 12.0 Å². The second-order valence-corrected chi connectivity index (χ2v) is 5.51. The average molecular weight is 255 g/mol. The summed E-state index contributed by atoms with van der Waals surface area (Å²) in [6.45, 7) is 5.01. The molecule has 1 aliphatic heterocycles. The molecule has 0 radical (unpaired) electrons. The lowest BCUT2D eigenvalue weighted by Gasteiger charge is -2.19. The van der Waals surface area contributed by atoms with Crippen molar-refractivity contribution in [3.8, 4) is 0 Å². The number of rotatable bonds is 4. The number of carbonyl (C=O) groups is 1. The largest absolute Gasteiger partial charge is 0.480 e. The molecule has 1 fully saturated rings. The highest BCUT2D eigenvalue weighted by atomic mass is 32.1. The number of nitrogens with zero attached hydrogens (tertiary/aromatic N) is 3. The van der Waals surface area contributed by atoms with Gasteiger partial charge in [-0.1, -0.05) is 13.8 Å². The highest BCUT2D eigenvalue weighted by Crippen LogP contribution is 2.27. The van der Waals surface area contributed by atoms with E-state index in [-0.39, 0.29) is 0 Å². The predicted molar refractivity (Wildman–Crippen MR) is 66.5 cm³/mol. The van der Waals surface area contributed by atoms with Crippen molar-refractivity contribution in [1.29, 1.82) is 0 Å². The summed E-state index contributed by atoms with van der Waals surface area (Å²) >= 11 is 1.31. The molecule has 0 aromatic carbocycles. The quantitative estimate of drug-likeness (QED) is 0.888. The van der Waals surface area contributed by atoms with Crippen LogP contribution in [-0.4, -0.2) is 33.0 Å². The first-order valence-electron chi connectivity index (χ1n) is 5.90. The van der Waals surface area contributed by atoms with Crippen LogP contribution in [0.2, 0.25) is 0 Å². The minimum atomic E-state index is -0.761. The molecule has 17 heavy (non-hydrogen) atoms. The molecule has 2 heterocycles. The molecule has 1 N–H and O–H groups in total. The molecule has 1 aromatic heterocycles. The van der Waals surface area contributed by atoms with Gasteiger partial charge in [0.25, 0.3) is 0 Å². The summed E-state index contributed by atoms with van der Waals surface area (Å²) in [6, 6.07) is -0.421. The summed E-state index contributed by atoms with van der Waals surface area (Å²) < 4.78 is 4.29. The molecule has 1 atom stereocenters. The minimum absolute atomic E-state index is 0.421. The van der Waals surface area contributed by atoms with Crippen LogP contribution in [0, 0.1) is 5.92 Å². The third-order valence-corrected chi connectivity index (χ3v) is 3.62. The van der Waals surface area contributed by atoms with Crippen molar-refractivity contribution in [2.45, 2.75) is 39.2 Å². The van der Waals surface area contributed by atoms with Crippen LogP contribution in [0.1, 0.15) is 32.5 Å². The van der Waals surface area contributed by atoms with Crippen molar-refractivity contribution in [2.75, 3.05) is 11.4 Å². The average Bonchev–Trinajstić information content (AvgIpc) is 2.82. The zero-order valence-electron chi connectivity index (χ0n) is 10.1. The first kappa shape index (κ1) is 12.3. The number of aliphatic carboxylic acids is 1. The molecule has 0 spiro atoms. The van der Waals surface area contributed by atoms with Crippen molar-refractivity contribution in [2.24, 2.45) is 5.92 Å². The number of carboxylic acid groups (broad SMARTS) is 1. The van der Waals surface area contributed by atoms with E-state index in [9.17, 15) is 4.79 Å². The first-order valence-corrected chi connectivity index (χ1v) is 6.67. The fourth-order valence-electron chi connectivity index (χ4n) is 2.06. The molecule has 1 aliphatic rings. The van der Waals surface area contributed by atoms with Gasteiger partial charge < -0.3 is 10.0 Å². The Morgan fingerprint density at radius 2 is 2.41 bits per heavy atom. The van der Waals surface area contributed by atoms with E-state index >= 15 is 0 Å². The number of hydrogen-bond donors (Lipinski definition) is 1. The molecular formula is C11H17N3O2S. The molecule has 5 nitrogen and oxygen atoms in total. The Hall–Kier alpha value is -1.17. The molecule has 0 amide bonds. The Balaban J connectivity index is 2.11. The minimum Gasteiger partial charge on any atom is -0.480 e. The molecule has 0 aliphatic carbocycles.